The van der Waals surface area contributed by atoms with Crippen molar-refractivity contribution in [1.29, 1.82) is 0 Å². The molecule has 136 heavy (non-hydrogen) atoms. The first-order chi connectivity index (χ1) is 63.9. The molecule has 3 saturated carbocycles. The van der Waals surface area contributed by atoms with E-state index in [0.717, 1.165) is 78.1 Å². The lowest BCUT2D eigenvalue weighted by Gasteiger charge is -2.35. The molecule has 3 aromatic rings. The van der Waals surface area contributed by atoms with Crippen LogP contribution in [0.25, 0.3) is 12.2 Å². The van der Waals surface area contributed by atoms with E-state index in [4.69, 9.17) is 15.0 Å². The number of carboxylic acids is 1. The number of carboxylic acid groups (broad SMARTS) is 1. The van der Waals surface area contributed by atoms with E-state index in [2.05, 4.69) is 43.0 Å². The van der Waals surface area contributed by atoms with Crippen LogP contribution in [0.4, 0.5) is 39.5 Å². The minimum atomic E-state index is -4.14. The second-order valence-corrected chi connectivity index (χ2v) is 45.4. The zero-order chi connectivity index (χ0) is 98.8. The molecular formula is C96H138F9N15O13S3. The van der Waals surface area contributed by atoms with Crippen molar-refractivity contribution in [2.75, 3.05) is 145 Å². The van der Waals surface area contributed by atoms with Gasteiger partial charge in [0.15, 0.2) is 0 Å². The van der Waals surface area contributed by atoms with Crippen LogP contribution in [0.1, 0.15) is 237 Å². The molecule has 12 aliphatic rings. The number of hydrogen-bond acceptors (Lipinski definition) is 19. The number of aryl methyl sites for hydroxylation is 6. The van der Waals surface area contributed by atoms with Crippen LogP contribution in [0.5, 0.6) is 0 Å². The average molecular weight is 1980 g/mol. The highest BCUT2D eigenvalue weighted by molar-refractivity contribution is 7.92. The minimum Gasteiger partial charge on any atom is -0.478 e. The number of aliphatic imine (C=N–C) groups is 3. The largest absolute Gasteiger partial charge is 0.478 e. The Kier molecular flexibility index (Phi) is 35.2. The van der Waals surface area contributed by atoms with E-state index in [1.54, 1.807) is 19.9 Å². The molecule has 0 aromatic heterocycles. The molecule has 6 saturated heterocycles. The highest BCUT2D eigenvalue weighted by Crippen LogP contribution is 2.44. The van der Waals surface area contributed by atoms with Gasteiger partial charge in [-0.1, -0.05) is 0 Å². The van der Waals surface area contributed by atoms with Gasteiger partial charge in [-0.05, 0) is 320 Å². The quantitative estimate of drug-likeness (QED) is 0.0583. The van der Waals surface area contributed by atoms with Crippen LogP contribution in [0, 0.1) is 77.0 Å². The topological polar surface area (TPSA) is 336 Å². The number of benzene rings is 3. The van der Waals surface area contributed by atoms with E-state index in [-0.39, 0.29) is 162 Å². The minimum absolute atomic E-state index is 0. The van der Waals surface area contributed by atoms with Crippen molar-refractivity contribution in [3.63, 3.8) is 0 Å². The predicted molar refractivity (Wildman–Crippen MR) is 507 cm³/mol. The SMILES string of the molecule is CN1CCNCC1.Cc1cc(C(=O)N2CCN(C)CC2)cc(C)c1/C=C/S(=O)(=O)N1CCC2(CC1)N=C(C1CCC(CCC(F)(F)F)CC1)NC2=O.Cc1cc(C(=O)N2CCN(C)CC2)cc(C)c1CCS(=O)(=O)N1CCC2(CC1)N=C(C1CCC(CCC(F)(F)F)CC1)NC2=O.Cc1cc(C(=O)O)cc(C)c1/C=C/S(=O)(=O)N1CCC2(CC1)N=C(C1CCC(CCC(F)(F)F)CC1)NC2=O.[HH]. The molecule has 0 radical (unpaired) electrons. The van der Waals surface area contributed by atoms with Crippen molar-refractivity contribution in [3.05, 3.63) is 114 Å². The van der Waals surface area contributed by atoms with Gasteiger partial charge in [-0.15, -0.1) is 0 Å². The number of carbonyl (C=O) groups is 6. The molecule has 9 aliphatic heterocycles. The van der Waals surface area contributed by atoms with E-state index in [0.29, 0.717) is 168 Å². The number of hydrogen-bond donors (Lipinski definition) is 5. The number of aromatic carboxylic acids is 1. The summed E-state index contributed by atoms with van der Waals surface area (Å²) in [6.45, 7) is 22.8. The van der Waals surface area contributed by atoms with Gasteiger partial charge in [-0.3, -0.25) is 38.9 Å². The standard InChI is InChI=1S/C32H46F3N5O4S.C32H44F3N5O4S.C27H34F3N3O5S.C5H12N2.H2/c2*1-22-20-26(29(41)39-17-15-38(3)16-18-39)21-23(2)27(22)9-19-45(43,44)40-13-11-31(12-14-40)30(42)36-28(37-31)25-6-4-24(5-7-25)8-10-32(33,34)35;1-17-15-21(24(34)35)16-18(2)22(17)8-14-39(37,38)33-12-10-26(11-13-33)25(36)31-23(32-26)20-5-3-19(4-6-20)7-9-27(28,29)30;1-7-4-2-6-3-5-7;/h20-21,24-25H,4-19H2,1-3H3,(H,36,37,42);9,19-21,24-25H,4-8,10-18H2,1-3H3,(H,36,37,42);8,14-16,19-20H,3-7,9-13H2,1-2H3,(H,34,35)(H,31,32,36);6H,2-5H2,1H3;1H/b;19-9+;14-8+;;. The van der Waals surface area contributed by atoms with Crippen molar-refractivity contribution < 1.29 is 100 Å². The average Bonchev–Trinajstić information content (AvgIpc) is 1.62. The molecule has 5 amide bonds. The Bertz CT molecular complexity index is 5250. The number of rotatable bonds is 22. The number of amidine groups is 3. The van der Waals surface area contributed by atoms with E-state index in [1.807, 2.05) is 75.9 Å². The van der Waals surface area contributed by atoms with Crippen LogP contribution in [0.3, 0.4) is 0 Å². The number of nitrogens with one attached hydrogen (secondary N) is 4. The maximum absolute atomic E-state index is 13.4. The van der Waals surface area contributed by atoms with Gasteiger partial charge >= 0.3 is 24.5 Å². The Hall–Kier alpha value is -8.09. The molecule has 0 unspecified atom stereocenters. The number of sulfonamides is 3. The number of piperazine rings is 3. The van der Waals surface area contributed by atoms with Crippen molar-refractivity contribution in [3.8, 4) is 0 Å². The number of nitrogens with zero attached hydrogens (tertiary/aromatic N) is 11. The number of alkyl halides is 9. The Balaban J connectivity index is 0.000000190. The third-order valence-corrected chi connectivity index (χ3v) is 34.9. The fourth-order valence-corrected chi connectivity index (χ4v) is 24.9. The van der Waals surface area contributed by atoms with Crippen LogP contribution in [-0.4, -0.2) is 301 Å². The third kappa shape index (κ3) is 28.0. The number of likely N-dealkylation sites (N-methyl/N-ethyl adjacent to an activating group) is 3. The number of amides is 5. The second kappa shape index (κ2) is 44.8. The Labute approximate surface area is 796 Å². The van der Waals surface area contributed by atoms with E-state index >= 15 is 0 Å². The van der Waals surface area contributed by atoms with Crippen LogP contribution < -0.4 is 21.3 Å². The Morgan fingerprint density at radius 2 is 0.691 bits per heavy atom. The summed E-state index contributed by atoms with van der Waals surface area (Å²) >= 11 is 0. The molecule has 5 N–H and O–H groups in total. The van der Waals surface area contributed by atoms with Crippen LogP contribution in [0.2, 0.25) is 0 Å². The zero-order valence-corrected chi connectivity index (χ0v) is 82.2. The van der Waals surface area contributed by atoms with Gasteiger partial charge in [0.2, 0.25) is 30.1 Å². The van der Waals surface area contributed by atoms with Gasteiger partial charge in [0.1, 0.15) is 34.1 Å². The van der Waals surface area contributed by atoms with E-state index in [1.165, 1.54) is 49.6 Å². The molecule has 40 heteroatoms. The van der Waals surface area contributed by atoms with Crippen molar-refractivity contribution in [2.45, 2.75) is 237 Å². The molecule has 9 fully saturated rings. The third-order valence-electron chi connectivity index (χ3n) is 29.9. The summed E-state index contributed by atoms with van der Waals surface area (Å²) in [6, 6.07) is 10.3. The molecule has 28 nitrogen and oxygen atoms in total. The molecule has 3 spiro atoms. The zero-order valence-electron chi connectivity index (χ0n) is 79.7. The van der Waals surface area contributed by atoms with Gasteiger partial charge < -0.3 is 50.9 Å². The lowest BCUT2D eigenvalue weighted by molar-refractivity contribution is -0.139. The summed E-state index contributed by atoms with van der Waals surface area (Å²) in [5.41, 5.74) is 5.41. The van der Waals surface area contributed by atoms with Crippen molar-refractivity contribution >= 4 is 95.2 Å². The summed E-state index contributed by atoms with van der Waals surface area (Å²) in [7, 11) is -4.92. The van der Waals surface area contributed by atoms with Crippen LogP contribution in [-0.2, 0) is 50.9 Å². The Morgan fingerprint density at radius 3 is 0.971 bits per heavy atom. The lowest BCUT2D eigenvalue weighted by atomic mass is 9.79. The fourth-order valence-electron chi connectivity index (χ4n) is 21.1. The number of piperidine rings is 3. The number of carbonyl (C=O) groups excluding carboxylic acids is 5. The molecule has 9 heterocycles. The van der Waals surface area contributed by atoms with E-state index < -0.39 is 90.4 Å². The molecule has 3 aromatic carbocycles. The van der Waals surface area contributed by atoms with Gasteiger partial charge in [0.25, 0.3) is 29.5 Å². The molecule has 0 atom stereocenters. The monoisotopic (exact) mass is 1980 g/mol. The van der Waals surface area contributed by atoms with Gasteiger partial charge in [0, 0.05) is 178 Å². The second-order valence-electron chi connectivity index (χ2n) is 39.7. The first-order valence-corrected chi connectivity index (χ1v) is 52.7. The highest BCUT2D eigenvalue weighted by Gasteiger charge is 2.53. The summed E-state index contributed by atoms with van der Waals surface area (Å²) in [5.74, 6) is 0.137. The fraction of sp³-hybridized carbons (Fsp3) is 0.677. The first-order valence-electron chi connectivity index (χ1n) is 48.1. The van der Waals surface area contributed by atoms with Gasteiger partial charge in [-0.2, -0.15) is 48.1 Å². The summed E-state index contributed by atoms with van der Waals surface area (Å²) < 4.78 is 197. The lowest BCUT2D eigenvalue weighted by Crippen LogP contribution is -2.51. The molecule has 756 valence electrons. The molecule has 15 rings (SSSR count). The van der Waals surface area contributed by atoms with Gasteiger partial charge in [0.05, 0.1) is 11.3 Å². The van der Waals surface area contributed by atoms with Crippen LogP contribution in [0.15, 0.2) is 62.2 Å². The smallest absolute Gasteiger partial charge is 0.389 e. The normalized spacial score (nSPS) is 24.8. The molecule has 3 aliphatic carbocycles. The predicted octanol–water partition coefficient (Wildman–Crippen LogP) is 13.2. The number of halogens is 9. The van der Waals surface area contributed by atoms with Crippen LogP contribution >= 0.6 is 0 Å². The summed E-state index contributed by atoms with van der Waals surface area (Å²) in [5, 5.41) is 23.5. The Morgan fingerprint density at radius 1 is 0.412 bits per heavy atom. The van der Waals surface area contributed by atoms with Crippen molar-refractivity contribution in [2.24, 2.45) is 50.5 Å². The highest BCUT2D eigenvalue weighted by atomic mass is 32.2. The van der Waals surface area contributed by atoms with Gasteiger partial charge in [-0.25, -0.2) is 34.4 Å². The first kappa shape index (κ1) is 107. The van der Waals surface area contributed by atoms with E-state index in [9.17, 15) is 98.6 Å². The summed E-state index contributed by atoms with van der Waals surface area (Å²) in [6.07, 6.45) is -1.15. The molecular weight excluding hydrogens is 1840 g/mol. The van der Waals surface area contributed by atoms with Crippen molar-refractivity contribution in [1.82, 2.24) is 58.7 Å². The molecule has 0 bridgehead atoms. The summed E-state index contributed by atoms with van der Waals surface area (Å²) in [4.78, 5) is 101. The maximum atomic E-state index is 13.4. The maximum Gasteiger partial charge on any atom is 0.389 e.